The molecule has 0 saturated carbocycles. The lowest BCUT2D eigenvalue weighted by Gasteiger charge is -2.24. The Morgan fingerprint density at radius 1 is 1.32 bits per heavy atom. The maximum Gasteiger partial charge on any atom is 0.131 e. The van der Waals surface area contributed by atoms with Gasteiger partial charge in [0, 0.05) is 38.3 Å². The van der Waals surface area contributed by atoms with Gasteiger partial charge in [-0.2, -0.15) is 5.10 Å². The monoisotopic (exact) mass is 266 g/mol. The van der Waals surface area contributed by atoms with Crippen molar-refractivity contribution < 1.29 is 0 Å². The van der Waals surface area contributed by atoms with Crippen molar-refractivity contribution in [2.45, 2.75) is 60.0 Å². The van der Waals surface area contributed by atoms with Crippen molar-refractivity contribution in [1.29, 1.82) is 0 Å². The van der Waals surface area contributed by atoms with Gasteiger partial charge >= 0.3 is 0 Å². The van der Waals surface area contributed by atoms with Crippen molar-refractivity contribution >= 4 is 5.82 Å². The average molecular weight is 266 g/mol. The minimum atomic E-state index is 0.498. The molecule has 0 bridgehead atoms. The number of unbranched alkanes of at least 4 members (excludes halogenated alkanes) is 1. The van der Waals surface area contributed by atoms with E-state index in [0.29, 0.717) is 6.04 Å². The molecule has 1 heterocycles. The lowest BCUT2D eigenvalue weighted by atomic mass is 10.2. The summed E-state index contributed by atoms with van der Waals surface area (Å²) in [5, 5.41) is 8.11. The number of aromatic nitrogens is 2. The van der Waals surface area contributed by atoms with Crippen molar-refractivity contribution in [3.63, 3.8) is 0 Å². The third-order valence-electron chi connectivity index (χ3n) is 3.46. The summed E-state index contributed by atoms with van der Waals surface area (Å²) < 4.78 is 2.03. The van der Waals surface area contributed by atoms with E-state index in [0.717, 1.165) is 25.3 Å². The van der Waals surface area contributed by atoms with Crippen LogP contribution in [0.15, 0.2) is 0 Å². The number of aryl methyl sites for hydroxylation is 2. The molecule has 4 nitrogen and oxygen atoms in total. The molecule has 0 unspecified atom stereocenters. The van der Waals surface area contributed by atoms with Crippen LogP contribution in [0.3, 0.4) is 0 Å². The molecule has 0 fully saturated rings. The molecule has 0 spiro atoms. The number of hydrogen-bond acceptors (Lipinski definition) is 3. The van der Waals surface area contributed by atoms with Gasteiger partial charge in [0.05, 0.1) is 5.69 Å². The Bertz CT molecular complexity index is 382. The lowest BCUT2D eigenvalue weighted by molar-refractivity contribution is 0.585. The van der Waals surface area contributed by atoms with Crippen LogP contribution in [0.1, 0.15) is 51.8 Å². The third kappa shape index (κ3) is 4.23. The molecule has 1 N–H and O–H groups in total. The second-order valence-corrected chi connectivity index (χ2v) is 5.48. The first-order valence-electron chi connectivity index (χ1n) is 7.52. The van der Waals surface area contributed by atoms with Crippen LogP contribution in [0.2, 0.25) is 0 Å². The maximum absolute atomic E-state index is 4.60. The highest BCUT2D eigenvalue weighted by Crippen LogP contribution is 2.23. The molecule has 4 heteroatoms. The van der Waals surface area contributed by atoms with Gasteiger partial charge in [0.25, 0.3) is 0 Å². The normalized spacial score (nSPS) is 11.3. The quantitative estimate of drug-likeness (QED) is 0.785. The first-order valence-corrected chi connectivity index (χ1v) is 7.52. The molecule has 0 atom stereocenters. The van der Waals surface area contributed by atoms with Gasteiger partial charge in [0.15, 0.2) is 0 Å². The van der Waals surface area contributed by atoms with E-state index in [1.54, 1.807) is 0 Å². The Kier molecular flexibility index (Phi) is 6.35. The van der Waals surface area contributed by atoms with Gasteiger partial charge in [-0.25, -0.2) is 0 Å². The Balaban J connectivity index is 2.95. The van der Waals surface area contributed by atoms with E-state index in [9.17, 15) is 0 Å². The second kappa shape index (κ2) is 7.53. The van der Waals surface area contributed by atoms with Gasteiger partial charge in [0.1, 0.15) is 5.82 Å². The Morgan fingerprint density at radius 3 is 2.53 bits per heavy atom. The molecule has 0 amide bonds. The molecule has 0 aromatic carbocycles. The van der Waals surface area contributed by atoms with E-state index in [1.165, 1.54) is 24.2 Å². The Labute approximate surface area is 118 Å². The molecule has 1 aromatic heterocycles. The lowest BCUT2D eigenvalue weighted by Crippen LogP contribution is -2.29. The van der Waals surface area contributed by atoms with Gasteiger partial charge in [-0.15, -0.1) is 0 Å². The van der Waals surface area contributed by atoms with Crippen LogP contribution in [0, 0.1) is 6.92 Å². The predicted octanol–water partition coefficient (Wildman–Crippen LogP) is 2.85. The number of nitrogens with zero attached hydrogens (tertiary/aromatic N) is 3. The van der Waals surface area contributed by atoms with E-state index in [2.05, 4.69) is 57.0 Å². The van der Waals surface area contributed by atoms with Crippen LogP contribution in [0.25, 0.3) is 0 Å². The summed E-state index contributed by atoms with van der Waals surface area (Å²) in [5.41, 5.74) is 2.48. The van der Waals surface area contributed by atoms with Crippen LogP contribution in [0.5, 0.6) is 0 Å². The summed E-state index contributed by atoms with van der Waals surface area (Å²) >= 11 is 0. The summed E-state index contributed by atoms with van der Waals surface area (Å²) in [6, 6.07) is 0.498. The smallest absolute Gasteiger partial charge is 0.131 e. The van der Waals surface area contributed by atoms with Crippen LogP contribution in [-0.2, 0) is 13.6 Å². The topological polar surface area (TPSA) is 33.1 Å². The fraction of sp³-hybridized carbons (Fsp3) is 0.800. The van der Waals surface area contributed by atoms with Crippen LogP contribution >= 0.6 is 0 Å². The minimum absolute atomic E-state index is 0.498. The summed E-state index contributed by atoms with van der Waals surface area (Å²) in [6.45, 7) is 14.0. The van der Waals surface area contributed by atoms with Crippen molar-refractivity contribution in [1.82, 2.24) is 15.1 Å². The number of hydrogen-bond donors (Lipinski definition) is 1. The summed E-state index contributed by atoms with van der Waals surface area (Å²) in [6.07, 6.45) is 2.46. The first kappa shape index (κ1) is 16.0. The molecule has 0 saturated heterocycles. The van der Waals surface area contributed by atoms with Crippen molar-refractivity contribution in [2.75, 3.05) is 18.0 Å². The van der Waals surface area contributed by atoms with E-state index in [4.69, 9.17) is 0 Å². The predicted molar refractivity (Wildman–Crippen MR) is 82.7 cm³/mol. The number of rotatable bonds is 8. The highest BCUT2D eigenvalue weighted by atomic mass is 15.4. The molecule has 19 heavy (non-hydrogen) atoms. The number of nitrogens with one attached hydrogen (secondary N) is 1. The molecule has 0 aliphatic heterocycles. The Hall–Kier alpha value is -1.03. The largest absolute Gasteiger partial charge is 0.357 e. The first-order chi connectivity index (χ1) is 9.01. The van der Waals surface area contributed by atoms with Crippen LogP contribution < -0.4 is 10.2 Å². The summed E-state index contributed by atoms with van der Waals surface area (Å²) in [7, 11) is 2.05. The maximum atomic E-state index is 4.60. The second-order valence-electron chi connectivity index (χ2n) is 5.48. The van der Waals surface area contributed by atoms with Crippen molar-refractivity contribution in [3.8, 4) is 0 Å². The standard InChI is InChI=1S/C15H30N4/c1-7-9-10-19(8-2)15-14(11-16-12(3)4)13(5)17-18(15)6/h12,16H,7-11H2,1-6H3. The molecule has 0 radical (unpaired) electrons. The molecule has 1 rings (SSSR count). The van der Waals surface area contributed by atoms with Gasteiger partial charge < -0.3 is 10.2 Å². The molecule has 0 aliphatic rings. The zero-order valence-corrected chi connectivity index (χ0v) is 13.5. The van der Waals surface area contributed by atoms with E-state index >= 15 is 0 Å². The molecular weight excluding hydrogens is 236 g/mol. The van der Waals surface area contributed by atoms with E-state index in [-0.39, 0.29) is 0 Å². The fourth-order valence-electron chi connectivity index (χ4n) is 2.36. The van der Waals surface area contributed by atoms with Gasteiger partial charge in [-0.1, -0.05) is 27.2 Å². The average Bonchev–Trinajstić information content (AvgIpc) is 2.63. The minimum Gasteiger partial charge on any atom is -0.357 e. The SMILES string of the molecule is CCCCN(CC)c1c(CNC(C)C)c(C)nn1C. The molecular formula is C15H30N4. The van der Waals surface area contributed by atoms with Crippen LogP contribution in [0.4, 0.5) is 5.82 Å². The van der Waals surface area contributed by atoms with Crippen molar-refractivity contribution in [3.05, 3.63) is 11.3 Å². The third-order valence-corrected chi connectivity index (χ3v) is 3.46. The number of anilines is 1. The van der Waals surface area contributed by atoms with Crippen LogP contribution in [-0.4, -0.2) is 28.9 Å². The molecule has 1 aromatic rings. The summed E-state index contributed by atoms with van der Waals surface area (Å²) in [5.74, 6) is 1.28. The zero-order valence-electron chi connectivity index (χ0n) is 13.5. The van der Waals surface area contributed by atoms with E-state index in [1.807, 2.05) is 4.68 Å². The van der Waals surface area contributed by atoms with Gasteiger partial charge in [-0.3, -0.25) is 4.68 Å². The fourth-order valence-corrected chi connectivity index (χ4v) is 2.36. The zero-order chi connectivity index (χ0) is 14.4. The highest BCUT2D eigenvalue weighted by Gasteiger charge is 2.18. The molecule has 0 aliphatic carbocycles. The highest BCUT2D eigenvalue weighted by molar-refractivity contribution is 5.50. The van der Waals surface area contributed by atoms with Gasteiger partial charge in [-0.05, 0) is 20.3 Å². The Morgan fingerprint density at radius 2 is 2.00 bits per heavy atom. The summed E-state index contributed by atoms with van der Waals surface area (Å²) in [4.78, 5) is 2.45. The molecule has 110 valence electrons. The van der Waals surface area contributed by atoms with Crippen molar-refractivity contribution in [2.24, 2.45) is 7.05 Å². The van der Waals surface area contributed by atoms with Gasteiger partial charge in [0.2, 0.25) is 0 Å². The van der Waals surface area contributed by atoms with E-state index < -0.39 is 0 Å².